The third kappa shape index (κ3) is 2.66. The number of nitrogens with zero attached hydrogens (tertiary/aromatic N) is 1. The molecule has 1 heterocycles. The lowest BCUT2D eigenvalue weighted by atomic mass is 10.1. The Balaban J connectivity index is 2.70. The first-order valence-electron chi connectivity index (χ1n) is 5.29. The zero-order valence-electron chi connectivity index (χ0n) is 9.00. The first-order valence-corrected chi connectivity index (χ1v) is 5.29. The number of nitrogens with two attached hydrogens (primary N) is 1. The smallest absolute Gasteiger partial charge is 0.0556 e. The monoisotopic (exact) mass is 192 g/mol. The van der Waals surface area contributed by atoms with Crippen LogP contribution in [0.25, 0.3) is 0 Å². The summed E-state index contributed by atoms with van der Waals surface area (Å²) in [7, 11) is 0. The number of hydrogen-bond acceptors (Lipinski definition) is 2. The van der Waals surface area contributed by atoms with Crippen LogP contribution >= 0.6 is 0 Å². The molecule has 0 aromatic rings. The molecule has 2 heteroatoms. The van der Waals surface area contributed by atoms with Crippen molar-refractivity contribution in [3.8, 4) is 0 Å². The van der Waals surface area contributed by atoms with Gasteiger partial charge in [0.25, 0.3) is 0 Å². The number of rotatable bonds is 3. The molecule has 2 N–H and O–H groups in total. The molecule has 0 amide bonds. The van der Waals surface area contributed by atoms with Gasteiger partial charge in [-0.15, -0.1) is 0 Å². The van der Waals surface area contributed by atoms with Gasteiger partial charge in [-0.2, -0.15) is 0 Å². The Bertz CT molecular complexity index is 245. The number of likely N-dealkylation sites (tertiary alicyclic amines) is 1. The Kier molecular flexibility index (Phi) is 4.30. The maximum Gasteiger partial charge on any atom is 0.0556 e. The Morgan fingerprint density at radius 2 is 1.93 bits per heavy atom. The normalized spacial score (nSPS) is 19.6. The molecular formula is C12H20N2. The van der Waals surface area contributed by atoms with Crippen LogP contribution in [-0.4, -0.2) is 18.0 Å². The van der Waals surface area contributed by atoms with Gasteiger partial charge < -0.3 is 10.6 Å². The standard InChI is InChI=1S/C12H20N2/c1-3-8-11(13)12(4-2)14-9-6-5-7-10-14/h3-4,8H,1,5-7,9-10,13H2,2H3/b11-8+,12-4+. The van der Waals surface area contributed by atoms with Crippen LogP contribution in [0.4, 0.5) is 0 Å². The van der Waals surface area contributed by atoms with Crippen LogP contribution in [0, 0.1) is 0 Å². The molecule has 0 radical (unpaired) electrons. The Labute approximate surface area is 86.8 Å². The fourth-order valence-electron chi connectivity index (χ4n) is 1.88. The lowest BCUT2D eigenvalue weighted by molar-refractivity contribution is 0.289. The molecule has 0 unspecified atom stereocenters. The predicted molar refractivity (Wildman–Crippen MR) is 61.6 cm³/mol. The van der Waals surface area contributed by atoms with E-state index in [4.69, 9.17) is 5.73 Å². The molecular weight excluding hydrogens is 172 g/mol. The average molecular weight is 192 g/mol. The van der Waals surface area contributed by atoms with Crippen molar-refractivity contribution in [1.82, 2.24) is 4.90 Å². The van der Waals surface area contributed by atoms with Gasteiger partial charge in [-0.25, -0.2) is 0 Å². The number of allylic oxidation sites excluding steroid dienone is 3. The summed E-state index contributed by atoms with van der Waals surface area (Å²) >= 11 is 0. The van der Waals surface area contributed by atoms with E-state index in [2.05, 4.69) is 17.6 Å². The summed E-state index contributed by atoms with van der Waals surface area (Å²) in [4.78, 5) is 2.36. The highest BCUT2D eigenvalue weighted by molar-refractivity contribution is 5.29. The van der Waals surface area contributed by atoms with Crippen LogP contribution in [0.5, 0.6) is 0 Å². The summed E-state index contributed by atoms with van der Waals surface area (Å²) in [6, 6.07) is 0. The van der Waals surface area contributed by atoms with Crippen molar-refractivity contribution in [3.05, 3.63) is 36.2 Å². The molecule has 0 bridgehead atoms. The first-order chi connectivity index (χ1) is 6.79. The van der Waals surface area contributed by atoms with Gasteiger partial charge in [-0.1, -0.05) is 18.7 Å². The third-order valence-corrected chi connectivity index (χ3v) is 2.56. The molecule has 0 spiro atoms. The highest BCUT2D eigenvalue weighted by Crippen LogP contribution is 2.17. The summed E-state index contributed by atoms with van der Waals surface area (Å²) in [5.41, 5.74) is 7.93. The highest BCUT2D eigenvalue weighted by atomic mass is 15.1. The molecule has 0 aliphatic carbocycles. The van der Waals surface area contributed by atoms with Crippen molar-refractivity contribution in [2.45, 2.75) is 26.2 Å². The second-order valence-corrected chi connectivity index (χ2v) is 3.58. The zero-order valence-corrected chi connectivity index (χ0v) is 9.00. The minimum Gasteiger partial charge on any atom is -0.397 e. The maximum absolute atomic E-state index is 5.95. The van der Waals surface area contributed by atoms with Gasteiger partial charge in [0.15, 0.2) is 0 Å². The second-order valence-electron chi connectivity index (χ2n) is 3.58. The van der Waals surface area contributed by atoms with Crippen molar-refractivity contribution in [2.24, 2.45) is 5.73 Å². The lowest BCUT2D eigenvalue weighted by Crippen LogP contribution is -2.31. The average Bonchev–Trinajstić information content (AvgIpc) is 2.21. The number of hydrogen-bond donors (Lipinski definition) is 1. The van der Waals surface area contributed by atoms with Gasteiger partial charge in [0, 0.05) is 13.1 Å². The molecule has 0 aromatic carbocycles. The second kappa shape index (κ2) is 5.53. The molecule has 0 atom stereocenters. The van der Waals surface area contributed by atoms with Crippen LogP contribution in [-0.2, 0) is 0 Å². The molecule has 1 rings (SSSR count). The summed E-state index contributed by atoms with van der Waals surface area (Å²) in [5, 5.41) is 0. The molecule has 1 saturated heterocycles. The van der Waals surface area contributed by atoms with Crippen LogP contribution in [0.1, 0.15) is 26.2 Å². The van der Waals surface area contributed by atoms with Gasteiger partial charge in [0.2, 0.25) is 0 Å². The lowest BCUT2D eigenvalue weighted by Gasteiger charge is -2.31. The van der Waals surface area contributed by atoms with Gasteiger partial charge >= 0.3 is 0 Å². The largest absolute Gasteiger partial charge is 0.397 e. The van der Waals surface area contributed by atoms with E-state index in [9.17, 15) is 0 Å². The summed E-state index contributed by atoms with van der Waals surface area (Å²) in [6.07, 6.45) is 9.59. The molecule has 1 fully saturated rings. The van der Waals surface area contributed by atoms with E-state index in [1.54, 1.807) is 6.08 Å². The molecule has 1 aliphatic heterocycles. The minimum atomic E-state index is 0.824. The van der Waals surface area contributed by atoms with Gasteiger partial charge in [-0.05, 0) is 32.3 Å². The summed E-state index contributed by atoms with van der Waals surface area (Å²) in [6.45, 7) is 7.96. The van der Waals surface area contributed by atoms with Crippen molar-refractivity contribution >= 4 is 0 Å². The highest BCUT2D eigenvalue weighted by Gasteiger charge is 2.13. The summed E-state index contributed by atoms with van der Waals surface area (Å²) < 4.78 is 0. The topological polar surface area (TPSA) is 29.3 Å². The first kappa shape index (κ1) is 10.9. The van der Waals surface area contributed by atoms with E-state index in [1.807, 2.05) is 13.0 Å². The quantitative estimate of drug-likeness (QED) is 0.696. The minimum absolute atomic E-state index is 0.824. The number of piperidine rings is 1. The SMILES string of the molecule is C=C/C=C(N)\C(=C/C)N1CCCCC1. The van der Waals surface area contributed by atoms with E-state index in [1.165, 1.54) is 19.3 Å². The van der Waals surface area contributed by atoms with Crippen LogP contribution in [0.3, 0.4) is 0 Å². The maximum atomic E-state index is 5.95. The molecule has 0 saturated carbocycles. The Morgan fingerprint density at radius 3 is 2.43 bits per heavy atom. The van der Waals surface area contributed by atoms with Gasteiger partial charge in [0.1, 0.15) is 0 Å². The molecule has 1 aliphatic rings. The zero-order chi connectivity index (χ0) is 10.4. The van der Waals surface area contributed by atoms with E-state index in [0.29, 0.717) is 0 Å². The van der Waals surface area contributed by atoms with E-state index in [-0.39, 0.29) is 0 Å². The van der Waals surface area contributed by atoms with Crippen LogP contribution in [0.15, 0.2) is 36.2 Å². The van der Waals surface area contributed by atoms with Crippen LogP contribution < -0.4 is 5.73 Å². The van der Waals surface area contributed by atoms with Crippen LogP contribution in [0.2, 0.25) is 0 Å². The van der Waals surface area contributed by atoms with Crippen molar-refractivity contribution < 1.29 is 0 Å². The van der Waals surface area contributed by atoms with Gasteiger partial charge in [0.05, 0.1) is 11.4 Å². The molecule has 2 nitrogen and oxygen atoms in total. The molecule has 78 valence electrons. The fourth-order valence-corrected chi connectivity index (χ4v) is 1.88. The molecule has 0 aromatic heterocycles. The van der Waals surface area contributed by atoms with Crippen molar-refractivity contribution in [1.29, 1.82) is 0 Å². The van der Waals surface area contributed by atoms with E-state index in [0.717, 1.165) is 24.5 Å². The van der Waals surface area contributed by atoms with E-state index >= 15 is 0 Å². The third-order valence-electron chi connectivity index (χ3n) is 2.56. The van der Waals surface area contributed by atoms with Crippen molar-refractivity contribution in [3.63, 3.8) is 0 Å². The predicted octanol–water partition coefficient (Wildman–Crippen LogP) is 2.40. The fraction of sp³-hybridized carbons (Fsp3) is 0.500. The summed E-state index contributed by atoms with van der Waals surface area (Å²) in [5.74, 6) is 0. The molecule has 14 heavy (non-hydrogen) atoms. The van der Waals surface area contributed by atoms with Crippen molar-refractivity contribution in [2.75, 3.05) is 13.1 Å². The Morgan fingerprint density at radius 1 is 1.29 bits per heavy atom. The van der Waals surface area contributed by atoms with E-state index < -0.39 is 0 Å². The Hall–Kier alpha value is -1.18. The van der Waals surface area contributed by atoms with Gasteiger partial charge in [-0.3, -0.25) is 0 Å².